The lowest BCUT2D eigenvalue weighted by Crippen LogP contribution is -2.22. The van der Waals surface area contributed by atoms with Gasteiger partial charge in [-0.2, -0.15) is 0 Å². The summed E-state index contributed by atoms with van der Waals surface area (Å²) in [7, 11) is 0. The Labute approximate surface area is 119 Å². The second-order valence-corrected chi connectivity index (χ2v) is 5.16. The van der Waals surface area contributed by atoms with E-state index in [4.69, 9.17) is 5.73 Å². The number of aryl methyl sites for hydroxylation is 2. The molecule has 0 bridgehead atoms. The Morgan fingerprint density at radius 1 is 1.20 bits per heavy atom. The maximum Gasteiger partial charge on any atom is 0.159 e. The van der Waals surface area contributed by atoms with Gasteiger partial charge in [0.15, 0.2) is 5.82 Å². The number of nitrogens with two attached hydrogens (primary N) is 1. The minimum Gasteiger partial charge on any atom is -0.327 e. The van der Waals surface area contributed by atoms with Crippen LogP contribution in [0.3, 0.4) is 0 Å². The number of aromatic nitrogens is 2. The maximum absolute atomic E-state index is 13.3. The minimum absolute atomic E-state index is 0.104. The molecule has 0 saturated heterocycles. The van der Waals surface area contributed by atoms with Crippen molar-refractivity contribution in [1.82, 2.24) is 9.97 Å². The smallest absolute Gasteiger partial charge is 0.159 e. The van der Waals surface area contributed by atoms with Gasteiger partial charge in [0.05, 0.1) is 0 Å². The first-order valence-corrected chi connectivity index (χ1v) is 6.86. The summed E-state index contributed by atoms with van der Waals surface area (Å²) in [6.45, 7) is 5.73. The van der Waals surface area contributed by atoms with Crippen LogP contribution in [0.1, 0.15) is 30.3 Å². The van der Waals surface area contributed by atoms with Crippen LogP contribution in [0.2, 0.25) is 0 Å². The van der Waals surface area contributed by atoms with E-state index in [9.17, 15) is 4.39 Å². The molecule has 1 unspecified atom stereocenters. The van der Waals surface area contributed by atoms with Crippen molar-refractivity contribution >= 4 is 0 Å². The normalized spacial score (nSPS) is 12.4. The highest BCUT2D eigenvalue weighted by Gasteiger charge is 2.09. The number of nitrogens with zero attached hydrogens (tertiary/aromatic N) is 2. The van der Waals surface area contributed by atoms with Gasteiger partial charge in [0.25, 0.3) is 0 Å². The van der Waals surface area contributed by atoms with Crippen LogP contribution in [-0.2, 0) is 6.42 Å². The molecule has 20 heavy (non-hydrogen) atoms. The van der Waals surface area contributed by atoms with Crippen molar-refractivity contribution in [2.75, 3.05) is 0 Å². The van der Waals surface area contributed by atoms with E-state index >= 15 is 0 Å². The number of hydrogen-bond donors (Lipinski definition) is 1. The van der Waals surface area contributed by atoms with Crippen molar-refractivity contribution in [3.05, 3.63) is 47.0 Å². The fraction of sp³-hybridized carbons (Fsp3) is 0.375. The van der Waals surface area contributed by atoms with Gasteiger partial charge < -0.3 is 5.73 Å². The summed E-state index contributed by atoms with van der Waals surface area (Å²) >= 11 is 0. The van der Waals surface area contributed by atoms with Gasteiger partial charge in [-0.05, 0) is 50.1 Å². The van der Waals surface area contributed by atoms with Gasteiger partial charge in [0, 0.05) is 29.4 Å². The van der Waals surface area contributed by atoms with Crippen molar-refractivity contribution < 1.29 is 4.39 Å². The topological polar surface area (TPSA) is 51.8 Å². The third-order valence-corrected chi connectivity index (χ3v) is 3.32. The fourth-order valence-corrected chi connectivity index (χ4v) is 2.06. The molecule has 0 aliphatic carbocycles. The van der Waals surface area contributed by atoms with Crippen LogP contribution in [0.4, 0.5) is 4.39 Å². The Morgan fingerprint density at radius 3 is 2.60 bits per heavy atom. The summed E-state index contributed by atoms with van der Waals surface area (Å²) in [6, 6.07) is 6.99. The number of halogens is 1. The Balaban J connectivity index is 2.38. The SMILES string of the molecule is CCC(N)Cc1cc(C)nc(-c2ccc(F)c(C)c2)n1. The second kappa shape index (κ2) is 6.09. The molecule has 0 aliphatic heterocycles. The zero-order chi connectivity index (χ0) is 14.7. The largest absolute Gasteiger partial charge is 0.327 e. The molecule has 1 aromatic carbocycles. The molecule has 2 aromatic rings. The van der Waals surface area contributed by atoms with Gasteiger partial charge in [0.1, 0.15) is 5.82 Å². The lowest BCUT2D eigenvalue weighted by atomic mass is 10.1. The van der Waals surface area contributed by atoms with E-state index in [1.807, 2.05) is 13.0 Å². The molecule has 2 N–H and O–H groups in total. The van der Waals surface area contributed by atoms with Crippen LogP contribution in [0, 0.1) is 19.7 Å². The van der Waals surface area contributed by atoms with E-state index in [0.29, 0.717) is 11.4 Å². The first kappa shape index (κ1) is 14.6. The van der Waals surface area contributed by atoms with Crippen molar-refractivity contribution in [2.24, 2.45) is 5.73 Å². The van der Waals surface area contributed by atoms with Gasteiger partial charge in [-0.15, -0.1) is 0 Å². The highest BCUT2D eigenvalue weighted by atomic mass is 19.1. The van der Waals surface area contributed by atoms with Gasteiger partial charge in [0.2, 0.25) is 0 Å². The molecule has 0 saturated carbocycles. The van der Waals surface area contributed by atoms with Gasteiger partial charge in [-0.3, -0.25) is 0 Å². The molecule has 0 fully saturated rings. The number of hydrogen-bond acceptors (Lipinski definition) is 3. The van der Waals surface area contributed by atoms with E-state index in [1.165, 1.54) is 6.07 Å². The summed E-state index contributed by atoms with van der Waals surface area (Å²) < 4.78 is 13.3. The molecule has 2 rings (SSSR count). The van der Waals surface area contributed by atoms with E-state index in [1.54, 1.807) is 19.1 Å². The van der Waals surface area contributed by atoms with Gasteiger partial charge in [-0.25, -0.2) is 14.4 Å². The van der Waals surface area contributed by atoms with Gasteiger partial charge >= 0.3 is 0 Å². The van der Waals surface area contributed by atoms with Crippen molar-refractivity contribution in [1.29, 1.82) is 0 Å². The lowest BCUT2D eigenvalue weighted by Gasteiger charge is -2.10. The van der Waals surface area contributed by atoms with Crippen molar-refractivity contribution in [3.8, 4) is 11.4 Å². The van der Waals surface area contributed by atoms with Crippen LogP contribution in [0.25, 0.3) is 11.4 Å². The molecule has 1 aromatic heterocycles. The summed E-state index contributed by atoms with van der Waals surface area (Å²) in [4.78, 5) is 8.98. The average Bonchev–Trinajstić information content (AvgIpc) is 2.41. The number of benzene rings is 1. The summed E-state index contributed by atoms with van der Waals surface area (Å²) in [5.41, 5.74) is 9.24. The third-order valence-electron chi connectivity index (χ3n) is 3.32. The summed E-state index contributed by atoms with van der Waals surface area (Å²) in [5.74, 6) is 0.418. The predicted molar refractivity (Wildman–Crippen MR) is 78.9 cm³/mol. The molecule has 0 spiro atoms. The summed E-state index contributed by atoms with van der Waals surface area (Å²) in [5, 5.41) is 0. The quantitative estimate of drug-likeness (QED) is 0.930. The molecule has 106 valence electrons. The van der Waals surface area contributed by atoms with Crippen LogP contribution in [0.5, 0.6) is 0 Å². The first-order chi connectivity index (χ1) is 9.49. The zero-order valence-corrected chi connectivity index (χ0v) is 12.2. The standard InChI is InChI=1S/C16H20FN3/c1-4-13(18)9-14-8-11(3)19-16(20-14)12-5-6-15(17)10(2)7-12/h5-8,13H,4,9,18H2,1-3H3. The molecule has 4 heteroatoms. The number of rotatable bonds is 4. The predicted octanol–water partition coefficient (Wildman–Crippen LogP) is 3.18. The van der Waals surface area contributed by atoms with E-state index in [0.717, 1.165) is 29.8 Å². The van der Waals surface area contributed by atoms with Crippen LogP contribution >= 0.6 is 0 Å². The molecule has 0 amide bonds. The summed E-state index contributed by atoms with van der Waals surface area (Å²) in [6.07, 6.45) is 1.64. The first-order valence-electron chi connectivity index (χ1n) is 6.86. The highest BCUT2D eigenvalue weighted by Crippen LogP contribution is 2.19. The Hall–Kier alpha value is -1.81. The molecule has 0 radical (unpaired) electrons. The van der Waals surface area contributed by atoms with Crippen LogP contribution < -0.4 is 5.73 Å². The van der Waals surface area contributed by atoms with Gasteiger partial charge in [-0.1, -0.05) is 6.92 Å². The fourth-order valence-electron chi connectivity index (χ4n) is 2.06. The molecule has 0 aliphatic rings. The monoisotopic (exact) mass is 273 g/mol. The van der Waals surface area contributed by atoms with Crippen LogP contribution in [0.15, 0.2) is 24.3 Å². The van der Waals surface area contributed by atoms with E-state index in [2.05, 4.69) is 16.9 Å². The van der Waals surface area contributed by atoms with Crippen LogP contribution in [-0.4, -0.2) is 16.0 Å². The minimum atomic E-state index is -0.213. The molecule has 3 nitrogen and oxygen atoms in total. The second-order valence-electron chi connectivity index (χ2n) is 5.16. The van der Waals surface area contributed by atoms with E-state index in [-0.39, 0.29) is 11.9 Å². The Kier molecular flexibility index (Phi) is 4.45. The van der Waals surface area contributed by atoms with Crippen molar-refractivity contribution in [3.63, 3.8) is 0 Å². The highest BCUT2D eigenvalue weighted by molar-refractivity contribution is 5.56. The molecule has 1 atom stereocenters. The Bertz CT molecular complexity index is 611. The Morgan fingerprint density at radius 2 is 1.95 bits per heavy atom. The molecule has 1 heterocycles. The van der Waals surface area contributed by atoms with E-state index < -0.39 is 0 Å². The maximum atomic E-state index is 13.3. The third kappa shape index (κ3) is 3.39. The molecular weight excluding hydrogens is 253 g/mol. The molecular formula is C16H20FN3. The average molecular weight is 273 g/mol. The van der Waals surface area contributed by atoms with Crippen molar-refractivity contribution in [2.45, 2.75) is 39.7 Å². The lowest BCUT2D eigenvalue weighted by molar-refractivity contribution is 0.618. The zero-order valence-electron chi connectivity index (χ0n) is 12.2.